The molecule has 0 aliphatic heterocycles. The first-order valence-corrected chi connectivity index (χ1v) is 8.96. The van der Waals surface area contributed by atoms with Crippen LogP contribution in [0.2, 0.25) is 0 Å². The number of carbonyl (C=O) groups is 1. The molecule has 6 nitrogen and oxygen atoms in total. The maximum atomic E-state index is 11.9. The van der Waals surface area contributed by atoms with Gasteiger partial charge in [-0.3, -0.25) is 4.79 Å². The van der Waals surface area contributed by atoms with Crippen LogP contribution in [0.25, 0.3) is 10.2 Å². The van der Waals surface area contributed by atoms with Crippen LogP contribution in [0.1, 0.15) is 13.8 Å². The molecule has 8 heteroatoms. The number of rotatable bonds is 4. The van der Waals surface area contributed by atoms with E-state index in [4.69, 9.17) is 5.14 Å². The lowest BCUT2D eigenvalue weighted by Crippen LogP contribution is -2.18. The summed E-state index contributed by atoms with van der Waals surface area (Å²) >= 11 is 1.25. The number of aromatic nitrogens is 1. The van der Waals surface area contributed by atoms with Gasteiger partial charge in [-0.1, -0.05) is 31.3 Å². The van der Waals surface area contributed by atoms with Crippen molar-refractivity contribution >= 4 is 37.5 Å². The van der Waals surface area contributed by atoms with E-state index in [1.54, 1.807) is 26.0 Å². The molecule has 0 bridgehead atoms. The number of hydrogen-bond acceptors (Lipinski definition) is 4. The molecule has 0 aliphatic carbocycles. The molecular formula is C14H17N3O3S2. The number of allylic oxidation sites excluding steroid dienone is 1. The molecule has 0 saturated carbocycles. The third-order valence-electron chi connectivity index (χ3n) is 2.99. The fourth-order valence-corrected chi connectivity index (χ4v) is 3.54. The normalized spacial score (nSPS) is 13.0. The van der Waals surface area contributed by atoms with Gasteiger partial charge in [-0.05, 0) is 18.2 Å². The van der Waals surface area contributed by atoms with Crippen LogP contribution in [0.15, 0.2) is 40.7 Å². The molecule has 0 saturated heterocycles. The number of thiazole rings is 1. The molecular weight excluding hydrogens is 322 g/mol. The van der Waals surface area contributed by atoms with E-state index < -0.39 is 10.0 Å². The SMILES string of the molecule is C=CCn1c(=NC(=O)C(C)C)sc2cc(S(N)(=O)=O)ccc21. The zero-order valence-corrected chi connectivity index (χ0v) is 13.9. The molecule has 2 aromatic rings. The molecule has 1 aromatic heterocycles. The molecule has 2 rings (SSSR count). The van der Waals surface area contributed by atoms with Gasteiger partial charge in [0.05, 0.1) is 15.1 Å². The number of sulfonamides is 1. The Bertz CT molecular complexity index is 905. The van der Waals surface area contributed by atoms with Gasteiger partial charge in [0, 0.05) is 12.5 Å². The highest BCUT2D eigenvalue weighted by Crippen LogP contribution is 2.21. The fourth-order valence-electron chi connectivity index (χ4n) is 1.84. The molecule has 0 fully saturated rings. The Labute approximate surface area is 132 Å². The van der Waals surface area contributed by atoms with Gasteiger partial charge in [-0.2, -0.15) is 4.99 Å². The highest BCUT2D eigenvalue weighted by atomic mass is 32.2. The number of nitrogens with zero attached hydrogens (tertiary/aromatic N) is 2. The molecule has 0 spiro atoms. The zero-order chi connectivity index (χ0) is 16.5. The van der Waals surface area contributed by atoms with Crippen molar-refractivity contribution in [1.82, 2.24) is 4.57 Å². The Hall–Kier alpha value is -1.77. The lowest BCUT2D eigenvalue weighted by atomic mass is 10.2. The predicted octanol–water partition coefficient (Wildman–Crippen LogP) is 1.62. The third kappa shape index (κ3) is 3.34. The molecule has 1 amide bonds. The maximum absolute atomic E-state index is 11.9. The molecule has 1 aromatic carbocycles. The molecule has 2 N–H and O–H groups in total. The lowest BCUT2D eigenvalue weighted by Gasteiger charge is -2.02. The Balaban J connectivity index is 2.74. The Morgan fingerprint density at radius 2 is 2.18 bits per heavy atom. The minimum absolute atomic E-state index is 0.0359. The third-order valence-corrected chi connectivity index (χ3v) is 4.95. The highest BCUT2D eigenvalue weighted by Gasteiger charge is 2.13. The summed E-state index contributed by atoms with van der Waals surface area (Å²) in [5, 5.41) is 5.15. The average Bonchev–Trinajstić information content (AvgIpc) is 2.75. The van der Waals surface area contributed by atoms with Gasteiger partial charge >= 0.3 is 0 Å². The van der Waals surface area contributed by atoms with Crippen LogP contribution >= 0.6 is 11.3 Å². The quantitative estimate of drug-likeness (QED) is 0.858. The van der Waals surface area contributed by atoms with Crippen molar-refractivity contribution in [2.45, 2.75) is 25.3 Å². The Morgan fingerprint density at radius 3 is 2.73 bits per heavy atom. The van der Waals surface area contributed by atoms with Gasteiger partial charge in [0.1, 0.15) is 0 Å². The highest BCUT2D eigenvalue weighted by molar-refractivity contribution is 7.89. The van der Waals surface area contributed by atoms with Crippen molar-refractivity contribution in [3.63, 3.8) is 0 Å². The molecule has 0 atom stereocenters. The van der Waals surface area contributed by atoms with Crippen LogP contribution in [-0.2, 0) is 21.4 Å². The summed E-state index contributed by atoms with van der Waals surface area (Å²) in [4.78, 5) is 16.5. The van der Waals surface area contributed by atoms with Gasteiger partial charge in [-0.15, -0.1) is 6.58 Å². The number of benzene rings is 1. The largest absolute Gasteiger partial charge is 0.313 e. The maximum Gasteiger partial charge on any atom is 0.250 e. The van der Waals surface area contributed by atoms with Crippen LogP contribution in [0.5, 0.6) is 0 Å². The summed E-state index contributed by atoms with van der Waals surface area (Å²) < 4.78 is 25.4. The van der Waals surface area contributed by atoms with Gasteiger partial charge in [0.15, 0.2) is 4.80 Å². The lowest BCUT2D eigenvalue weighted by molar-refractivity contribution is -0.120. The minimum atomic E-state index is -3.77. The first kappa shape index (κ1) is 16.6. The summed E-state index contributed by atoms with van der Waals surface area (Å²) in [6, 6.07) is 4.60. The first-order chi connectivity index (χ1) is 10.2. The minimum Gasteiger partial charge on any atom is -0.313 e. The molecule has 1 heterocycles. The fraction of sp³-hybridized carbons (Fsp3) is 0.286. The van der Waals surface area contributed by atoms with Crippen molar-refractivity contribution < 1.29 is 13.2 Å². The van der Waals surface area contributed by atoms with E-state index in [1.165, 1.54) is 23.5 Å². The molecule has 0 radical (unpaired) electrons. The topological polar surface area (TPSA) is 94.5 Å². The number of hydrogen-bond donors (Lipinski definition) is 1. The summed E-state index contributed by atoms with van der Waals surface area (Å²) in [5.74, 6) is -0.432. The smallest absolute Gasteiger partial charge is 0.250 e. The van der Waals surface area contributed by atoms with Crippen LogP contribution in [0.3, 0.4) is 0 Å². The second-order valence-corrected chi connectivity index (χ2v) is 7.63. The van der Waals surface area contributed by atoms with Gasteiger partial charge in [0.2, 0.25) is 10.0 Å². The van der Waals surface area contributed by atoms with E-state index in [2.05, 4.69) is 11.6 Å². The van der Waals surface area contributed by atoms with Gasteiger partial charge in [-0.25, -0.2) is 13.6 Å². The van der Waals surface area contributed by atoms with E-state index >= 15 is 0 Å². The predicted molar refractivity (Wildman–Crippen MR) is 86.8 cm³/mol. The number of amides is 1. The standard InChI is InChI=1S/C14H17N3O3S2/c1-4-7-17-11-6-5-10(22(15,19)20)8-12(11)21-14(17)16-13(18)9(2)3/h4-6,8-9H,1,7H2,2-3H3,(H2,15,19,20). The first-order valence-electron chi connectivity index (χ1n) is 6.59. The van der Waals surface area contributed by atoms with Crippen LogP contribution in [0, 0.1) is 5.92 Å². The van der Waals surface area contributed by atoms with Gasteiger partial charge in [0.25, 0.3) is 5.91 Å². The summed E-state index contributed by atoms with van der Waals surface area (Å²) in [6.45, 7) is 7.71. The van der Waals surface area contributed by atoms with Crippen molar-refractivity contribution in [3.05, 3.63) is 35.7 Å². The van der Waals surface area contributed by atoms with E-state index in [-0.39, 0.29) is 16.7 Å². The second-order valence-electron chi connectivity index (χ2n) is 5.06. The molecule has 0 unspecified atom stereocenters. The monoisotopic (exact) mass is 339 g/mol. The van der Waals surface area contributed by atoms with Crippen molar-refractivity contribution in [2.24, 2.45) is 16.0 Å². The molecule has 118 valence electrons. The average molecular weight is 339 g/mol. The van der Waals surface area contributed by atoms with Crippen LogP contribution < -0.4 is 9.94 Å². The van der Waals surface area contributed by atoms with E-state index in [0.29, 0.717) is 16.0 Å². The summed E-state index contributed by atoms with van der Waals surface area (Å²) in [7, 11) is -3.77. The summed E-state index contributed by atoms with van der Waals surface area (Å²) in [5.41, 5.74) is 0.785. The number of nitrogens with two attached hydrogens (primary N) is 1. The number of carbonyl (C=O) groups excluding carboxylic acids is 1. The van der Waals surface area contributed by atoms with Crippen LogP contribution in [0.4, 0.5) is 0 Å². The van der Waals surface area contributed by atoms with Gasteiger partial charge < -0.3 is 4.57 Å². The zero-order valence-electron chi connectivity index (χ0n) is 12.3. The van der Waals surface area contributed by atoms with Crippen molar-refractivity contribution in [1.29, 1.82) is 0 Å². The van der Waals surface area contributed by atoms with E-state index in [0.717, 1.165) is 5.52 Å². The van der Waals surface area contributed by atoms with E-state index in [1.807, 2.05) is 4.57 Å². The number of primary sulfonamides is 1. The second kappa shape index (κ2) is 6.15. The summed E-state index contributed by atoms with van der Waals surface area (Å²) in [6.07, 6.45) is 1.69. The Kier molecular flexibility index (Phi) is 4.64. The van der Waals surface area contributed by atoms with Crippen molar-refractivity contribution in [3.8, 4) is 0 Å². The molecule has 22 heavy (non-hydrogen) atoms. The van der Waals surface area contributed by atoms with Crippen molar-refractivity contribution in [2.75, 3.05) is 0 Å². The van der Waals surface area contributed by atoms with Crippen LogP contribution in [-0.4, -0.2) is 18.9 Å². The Morgan fingerprint density at radius 1 is 1.50 bits per heavy atom. The van der Waals surface area contributed by atoms with E-state index in [9.17, 15) is 13.2 Å². The number of fused-ring (bicyclic) bond motifs is 1. The molecule has 0 aliphatic rings.